The minimum absolute atomic E-state index is 0.0506. The van der Waals surface area contributed by atoms with E-state index in [2.05, 4.69) is 0 Å². The van der Waals surface area contributed by atoms with Crippen molar-refractivity contribution < 1.29 is 27.5 Å². The molecule has 0 saturated heterocycles. The number of carbonyl (C=O) groups excluding carboxylic acids is 2. The SMILES string of the molecule is O=C(OCc1ccc(Cl)cc1Cl)c1ccc2c(c1)S(=O)(=O)c1cc(C(=O)OCc3ccc(Cl)cc3Cl)ccc1-2. The lowest BCUT2D eigenvalue weighted by Crippen LogP contribution is -2.08. The van der Waals surface area contributed by atoms with Crippen LogP contribution in [0, 0.1) is 0 Å². The first-order valence-corrected chi connectivity index (χ1v) is 14.3. The van der Waals surface area contributed by atoms with Gasteiger partial charge in [-0.15, -0.1) is 0 Å². The second kappa shape index (κ2) is 10.8. The molecule has 4 aromatic carbocycles. The number of rotatable bonds is 6. The van der Waals surface area contributed by atoms with Crippen LogP contribution in [-0.4, -0.2) is 20.4 Å². The fraction of sp³-hybridized carbons (Fsp3) is 0.0714. The van der Waals surface area contributed by atoms with Gasteiger partial charge in [0.2, 0.25) is 9.84 Å². The van der Waals surface area contributed by atoms with Gasteiger partial charge in [0.25, 0.3) is 0 Å². The summed E-state index contributed by atoms with van der Waals surface area (Å²) in [5.74, 6) is -1.44. The fourth-order valence-electron chi connectivity index (χ4n) is 4.04. The van der Waals surface area contributed by atoms with E-state index in [1.807, 2.05) is 0 Å². The number of halogens is 4. The first-order chi connectivity index (χ1) is 18.5. The van der Waals surface area contributed by atoms with E-state index in [4.69, 9.17) is 55.9 Å². The standard InChI is InChI=1S/C28H16Cl4O6S/c29-19-5-1-17(23(31)11-19)13-37-27(33)15-3-7-21-22-8-4-16(10-26(22)39(35,36)25(21)9-15)28(34)38-14-18-2-6-20(30)12-24(18)32/h1-12H,13-14H2. The van der Waals surface area contributed by atoms with Crippen LogP contribution in [0.1, 0.15) is 31.8 Å². The maximum absolute atomic E-state index is 13.4. The highest BCUT2D eigenvalue weighted by Gasteiger charge is 2.34. The van der Waals surface area contributed by atoms with Gasteiger partial charge < -0.3 is 9.47 Å². The molecule has 0 amide bonds. The van der Waals surface area contributed by atoms with Crippen LogP contribution in [0.5, 0.6) is 0 Å². The summed E-state index contributed by atoms with van der Waals surface area (Å²) in [4.78, 5) is 25.3. The zero-order valence-electron chi connectivity index (χ0n) is 19.7. The second-order valence-corrected chi connectivity index (χ2v) is 12.1. The van der Waals surface area contributed by atoms with Crippen LogP contribution in [-0.2, 0) is 32.5 Å². The molecule has 11 heteroatoms. The molecule has 0 radical (unpaired) electrons. The summed E-state index contributed by atoms with van der Waals surface area (Å²) >= 11 is 24.0. The lowest BCUT2D eigenvalue weighted by Gasteiger charge is -2.08. The van der Waals surface area contributed by atoms with Crippen LogP contribution in [0.4, 0.5) is 0 Å². The van der Waals surface area contributed by atoms with Crippen LogP contribution < -0.4 is 0 Å². The van der Waals surface area contributed by atoms with Crippen LogP contribution in [0.25, 0.3) is 11.1 Å². The summed E-state index contributed by atoms with van der Waals surface area (Å²) in [7, 11) is -4.02. The van der Waals surface area contributed by atoms with Crippen molar-refractivity contribution in [3.63, 3.8) is 0 Å². The molecule has 0 aromatic heterocycles. The van der Waals surface area contributed by atoms with E-state index < -0.39 is 21.8 Å². The lowest BCUT2D eigenvalue weighted by molar-refractivity contribution is 0.0464. The number of hydrogen-bond acceptors (Lipinski definition) is 6. The van der Waals surface area contributed by atoms with Crippen molar-refractivity contribution in [1.29, 1.82) is 0 Å². The zero-order chi connectivity index (χ0) is 27.9. The Morgan fingerprint density at radius 3 is 1.38 bits per heavy atom. The van der Waals surface area contributed by atoms with Crippen LogP contribution >= 0.6 is 46.4 Å². The third-order valence-corrected chi connectivity index (χ3v) is 9.06. The number of ether oxygens (including phenoxy) is 2. The Morgan fingerprint density at radius 2 is 1.00 bits per heavy atom. The Hall–Kier alpha value is -3.07. The predicted octanol–water partition coefficient (Wildman–Crippen LogP) is 7.83. The first kappa shape index (κ1) is 27.5. The first-order valence-electron chi connectivity index (χ1n) is 11.3. The minimum atomic E-state index is -4.02. The molecular formula is C28H16Cl4O6S. The van der Waals surface area contributed by atoms with Gasteiger partial charge >= 0.3 is 11.9 Å². The molecule has 5 rings (SSSR count). The molecular weight excluding hydrogens is 606 g/mol. The van der Waals surface area contributed by atoms with E-state index in [1.165, 1.54) is 48.5 Å². The van der Waals surface area contributed by atoms with E-state index in [9.17, 15) is 18.0 Å². The molecule has 198 valence electrons. The molecule has 0 atom stereocenters. The Labute approximate surface area is 243 Å². The largest absolute Gasteiger partial charge is 0.457 e. The van der Waals surface area contributed by atoms with Crippen LogP contribution in [0.2, 0.25) is 20.1 Å². The molecule has 1 heterocycles. The van der Waals surface area contributed by atoms with E-state index in [1.54, 1.807) is 24.3 Å². The summed E-state index contributed by atoms with van der Waals surface area (Å²) < 4.78 is 37.4. The van der Waals surface area contributed by atoms with Crippen molar-refractivity contribution in [2.24, 2.45) is 0 Å². The van der Waals surface area contributed by atoms with E-state index >= 15 is 0 Å². The van der Waals surface area contributed by atoms with Crippen LogP contribution in [0.3, 0.4) is 0 Å². The van der Waals surface area contributed by atoms with Crippen LogP contribution in [0.15, 0.2) is 82.6 Å². The molecule has 6 nitrogen and oxygen atoms in total. The predicted molar refractivity (Wildman–Crippen MR) is 148 cm³/mol. The summed E-state index contributed by atoms with van der Waals surface area (Å²) in [6.45, 7) is -0.239. The molecule has 39 heavy (non-hydrogen) atoms. The van der Waals surface area contributed by atoms with Gasteiger partial charge in [-0.2, -0.15) is 0 Å². The van der Waals surface area contributed by atoms with E-state index in [0.29, 0.717) is 42.3 Å². The van der Waals surface area contributed by atoms with Gasteiger partial charge in [0.05, 0.1) is 20.9 Å². The van der Waals surface area contributed by atoms with Crippen molar-refractivity contribution in [3.05, 3.63) is 115 Å². The van der Waals surface area contributed by atoms with Crippen molar-refractivity contribution >= 4 is 68.2 Å². The molecule has 4 aromatic rings. The summed E-state index contributed by atoms with van der Waals surface area (Å²) in [5, 5.41) is 1.57. The van der Waals surface area contributed by atoms with Gasteiger partial charge in [-0.25, -0.2) is 18.0 Å². The molecule has 0 aliphatic carbocycles. The normalized spacial score (nSPS) is 12.9. The van der Waals surface area contributed by atoms with Crippen molar-refractivity contribution in [1.82, 2.24) is 0 Å². The number of hydrogen-bond donors (Lipinski definition) is 0. The summed E-state index contributed by atoms with van der Waals surface area (Å²) in [5.41, 5.74) is 2.02. The monoisotopic (exact) mass is 620 g/mol. The van der Waals surface area contributed by atoms with E-state index in [-0.39, 0.29) is 34.1 Å². The zero-order valence-corrected chi connectivity index (χ0v) is 23.6. The average molecular weight is 622 g/mol. The highest BCUT2D eigenvalue weighted by Crippen LogP contribution is 2.44. The number of esters is 2. The third kappa shape index (κ3) is 5.51. The maximum Gasteiger partial charge on any atom is 0.338 e. The lowest BCUT2D eigenvalue weighted by atomic mass is 10.0. The van der Waals surface area contributed by atoms with Gasteiger partial charge in [-0.05, 0) is 48.5 Å². The van der Waals surface area contributed by atoms with Gasteiger partial charge in [0.1, 0.15) is 13.2 Å². The smallest absolute Gasteiger partial charge is 0.338 e. The van der Waals surface area contributed by atoms with Crippen molar-refractivity contribution in [2.45, 2.75) is 23.0 Å². The van der Waals surface area contributed by atoms with E-state index in [0.717, 1.165) is 0 Å². The van der Waals surface area contributed by atoms with Crippen molar-refractivity contribution in [3.8, 4) is 11.1 Å². The van der Waals surface area contributed by atoms with Crippen molar-refractivity contribution in [2.75, 3.05) is 0 Å². The Balaban J connectivity index is 1.34. The molecule has 1 aliphatic rings. The molecule has 0 spiro atoms. The third-order valence-electron chi connectivity index (χ3n) is 6.05. The average Bonchev–Trinajstić information content (AvgIpc) is 3.13. The molecule has 0 saturated carbocycles. The quantitative estimate of drug-likeness (QED) is 0.180. The number of fused-ring (bicyclic) bond motifs is 3. The highest BCUT2D eigenvalue weighted by molar-refractivity contribution is 7.92. The molecule has 1 aliphatic heterocycles. The number of benzene rings is 4. The molecule has 0 unspecified atom stereocenters. The topological polar surface area (TPSA) is 86.7 Å². The highest BCUT2D eigenvalue weighted by atomic mass is 35.5. The molecule has 0 fully saturated rings. The second-order valence-electron chi connectivity index (χ2n) is 8.55. The summed E-state index contributed by atoms with van der Waals surface area (Å²) in [6, 6.07) is 18.1. The number of sulfone groups is 1. The number of carbonyl (C=O) groups is 2. The Morgan fingerprint density at radius 1 is 0.590 bits per heavy atom. The van der Waals surface area contributed by atoms with Gasteiger partial charge in [-0.3, -0.25) is 0 Å². The molecule has 0 bridgehead atoms. The van der Waals surface area contributed by atoms with Gasteiger partial charge in [0, 0.05) is 42.3 Å². The van der Waals surface area contributed by atoms with Gasteiger partial charge in [-0.1, -0.05) is 70.7 Å². The fourth-order valence-corrected chi connectivity index (χ4v) is 6.70. The maximum atomic E-state index is 13.4. The Bertz CT molecular complexity index is 1650. The van der Waals surface area contributed by atoms with Gasteiger partial charge in [0.15, 0.2) is 0 Å². The Kier molecular flexibility index (Phi) is 7.64. The summed E-state index contributed by atoms with van der Waals surface area (Å²) in [6.07, 6.45) is 0. The molecule has 0 N–H and O–H groups in total. The minimum Gasteiger partial charge on any atom is -0.457 e.